The summed E-state index contributed by atoms with van der Waals surface area (Å²) in [5.41, 5.74) is 6.29. The van der Waals surface area contributed by atoms with E-state index in [9.17, 15) is 0 Å². The first kappa shape index (κ1) is 32.0. The van der Waals surface area contributed by atoms with E-state index in [0.29, 0.717) is 33.0 Å². The Labute approximate surface area is 282 Å². The number of H-pyrrole nitrogens is 1. The Morgan fingerprint density at radius 1 is 0.479 bits per heavy atom. The van der Waals surface area contributed by atoms with E-state index >= 15 is 0 Å². The van der Waals surface area contributed by atoms with E-state index in [1.807, 2.05) is 84.9 Å². The van der Waals surface area contributed by atoms with Crippen molar-refractivity contribution >= 4 is 10.9 Å². The molecule has 0 amide bonds. The fraction of sp³-hybridized carbons (Fsp3) is 0.238. The fourth-order valence-electron chi connectivity index (χ4n) is 6.29. The van der Waals surface area contributed by atoms with Gasteiger partial charge in [0.25, 0.3) is 0 Å². The number of hydrogen-bond acceptors (Lipinski definition) is 5. The third kappa shape index (κ3) is 8.11. The van der Waals surface area contributed by atoms with Gasteiger partial charge in [-0.15, -0.1) is 0 Å². The van der Waals surface area contributed by atoms with Crippen LogP contribution in [-0.2, 0) is 50.1 Å². The van der Waals surface area contributed by atoms with Gasteiger partial charge in [0.05, 0.1) is 33.0 Å². The Hall–Kier alpha value is -4.56. The highest BCUT2D eigenvalue weighted by Gasteiger charge is 2.49. The number of fused-ring (bicyclic) bond motifs is 1. The van der Waals surface area contributed by atoms with Gasteiger partial charge in [0.15, 0.2) is 0 Å². The molecule has 6 heteroatoms. The zero-order chi connectivity index (χ0) is 32.4. The van der Waals surface area contributed by atoms with Crippen LogP contribution in [0.2, 0.25) is 0 Å². The Morgan fingerprint density at radius 2 is 0.938 bits per heavy atom. The average molecular weight is 640 g/mol. The summed E-state index contributed by atoms with van der Waals surface area (Å²) in [6.45, 7) is 1.99. The third-order valence-electron chi connectivity index (χ3n) is 8.74. The maximum absolute atomic E-state index is 7.04. The molecule has 1 N–H and O–H groups in total. The highest BCUT2D eigenvalue weighted by atomic mass is 16.6. The van der Waals surface area contributed by atoms with Crippen LogP contribution in [0.25, 0.3) is 10.9 Å². The molecule has 0 radical (unpaired) electrons. The molecule has 2 heterocycles. The summed E-state index contributed by atoms with van der Waals surface area (Å²) >= 11 is 0. The lowest BCUT2D eigenvalue weighted by atomic mass is 9.92. The second-order valence-electron chi connectivity index (χ2n) is 12.2. The number of rotatable bonds is 14. The van der Waals surface area contributed by atoms with E-state index in [1.165, 1.54) is 0 Å². The molecule has 7 rings (SSSR count). The van der Waals surface area contributed by atoms with Crippen molar-refractivity contribution in [3.8, 4) is 0 Å². The Balaban J connectivity index is 1.24. The quantitative estimate of drug-likeness (QED) is 0.129. The zero-order valence-electron chi connectivity index (χ0n) is 26.9. The minimum atomic E-state index is -0.492. The summed E-state index contributed by atoms with van der Waals surface area (Å²) in [7, 11) is 0. The first-order chi connectivity index (χ1) is 23.8. The van der Waals surface area contributed by atoms with Gasteiger partial charge in [-0.25, -0.2) is 0 Å². The SMILES string of the molecule is c1ccc(COC[C@H]2O[C@@H](c3cc4ccccc4[nH]3)[C@H](OCc3ccccc3)[C@@H](OCc3ccccc3)[C@@H]2OCc2ccccc2)cc1. The number of ether oxygens (including phenoxy) is 5. The van der Waals surface area contributed by atoms with Crippen molar-refractivity contribution in [1.82, 2.24) is 4.98 Å². The lowest BCUT2D eigenvalue weighted by Crippen LogP contribution is -2.58. The van der Waals surface area contributed by atoms with Gasteiger partial charge in [0.2, 0.25) is 0 Å². The molecule has 244 valence electrons. The molecular weight excluding hydrogens is 598 g/mol. The Morgan fingerprint density at radius 3 is 1.48 bits per heavy atom. The summed E-state index contributed by atoms with van der Waals surface area (Å²) in [6.07, 6.45) is -2.36. The summed E-state index contributed by atoms with van der Waals surface area (Å²) in [4.78, 5) is 3.62. The van der Waals surface area contributed by atoms with Crippen molar-refractivity contribution in [1.29, 1.82) is 0 Å². The van der Waals surface area contributed by atoms with Crippen molar-refractivity contribution in [2.24, 2.45) is 0 Å². The van der Waals surface area contributed by atoms with E-state index in [1.54, 1.807) is 0 Å². The molecule has 0 aliphatic carbocycles. The lowest BCUT2D eigenvalue weighted by molar-refractivity contribution is -0.275. The minimum Gasteiger partial charge on any atom is -0.374 e. The van der Waals surface area contributed by atoms with Gasteiger partial charge in [0, 0.05) is 11.2 Å². The van der Waals surface area contributed by atoms with Crippen molar-refractivity contribution < 1.29 is 23.7 Å². The molecule has 5 aromatic carbocycles. The highest BCUT2D eigenvalue weighted by molar-refractivity contribution is 5.80. The summed E-state index contributed by atoms with van der Waals surface area (Å²) in [6, 6.07) is 51.3. The molecule has 0 unspecified atom stereocenters. The van der Waals surface area contributed by atoms with Crippen molar-refractivity contribution in [3.63, 3.8) is 0 Å². The summed E-state index contributed by atoms with van der Waals surface area (Å²) in [5, 5.41) is 1.11. The van der Waals surface area contributed by atoms with Gasteiger partial charge in [-0.05, 0) is 39.8 Å². The van der Waals surface area contributed by atoms with Gasteiger partial charge < -0.3 is 28.7 Å². The van der Waals surface area contributed by atoms with Crippen molar-refractivity contribution in [3.05, 3.63) is 180 Å². The summed E-state index contributed by atoms with van der Waals surface area (Å²) < 4.78 is 33.9. The zero-order valence-corrected chi connectivity index (χ0v) is 26.9. The normalized spacial score (nSPS) is 21.0. The molecule has 1 aliphatic rings. The summed E-state index contributed by atoms with van der Waals surface area (Å²) in [5.74, 6) is 0. The molecular formula is C42H41NO5. The molecule has 0 spiro atoms. The number of benzene rings is 5. The van der Waals surface area contributed by atoms with Crippen LogP contribution in [0.3, 0.4) is 0 Å². The second-order valence-corrected chi connectivity index (χ2v) is 12.2. The lowest BCUT2D eigenvalue weighted by Gasteiger charge is -2.46. The van der Waals surface area contributed by atoms with Gasteiger partial charge in [-0.1, -0.05) is 140 Å². The molecule has 1 saturated heterocycles. The molecule has 6 nitrogen and oxygen atoms in total. The second kappa shape index (κ2) is 16.0. The minimum absolute atomic E-state index is 0.321. The van der Waals surface area contributed by atoms with Gasteiger partial charge >= 0.3 is 0 Å². The molecule has 0 saturated carbocycles. The maximum Gasteiger partial charge on any atom is 0.127 e. The highest BCUT2D eigenvalue weighted by Crippen LogP contribution is 2.39. The van der Waals surface area contributed by atoms with Crippen LogP contribution in [0.1, 0.15) is 34.1 Å². The number of hydrogen-bond donors (Lipinski definition) is 1. The van der Waals surface area contributed by atoms with Crippen LogP contribution in [0.15, 0.2) is 152 Å². The molecule has 6 aromatic rings. The molecule has 1 aromatic heterocycles. The Kier molecular flexibility index (Phi) is 10.7. The maximum atomic E-state index is 7.04. The van der Waals surface area contributed by atoms with E-state index < -0.39 is 30.5 Å². The van der Waals surface area contributed by atoms with Crippen molar-refractivity contribution in [2.45, 2.75) is 56.9 Å². The predicted octanol–water partition coefficient (Wildman–Crippen LogP) is 8.58. The first-order valence-electron chi connectivity index (χ1n) is 16.6. The smallest absolute Gasteiger partial charge is 0.127 e. The first-order valence-corrected chi connectivity index (χ1v) is 16.6. The van der Waals surface area contributed by atoms with Gasteiger partial charge in [-0.3, -0.25) is 0 Å². The molecule has 5 atom stereocenters. The van der Waals surface area contributed by atoms with Crippen LogP contribution >= 0.6 is 0 Å². The molecule has 0 bridgehead atoms. The predicted molar refractivity (Wildman–Crippen MR) is 187 cm³/mol. The van der Waals surface area contributed by atoms with Gasteiger partial charge in [0.1, 0.15) is 30.5 Å². The number of para-hydroxylation sites is 1. The van der Waals surface area contributed by atoms with Crippen LogP contribution in [0, 0.1) is 0 Å². The topological polar surface area (TPSA) is 61.9 Å². The van der Waals surface area contributed by atoms with Crippen LogP contribution < -0.4 is 0 Å². The van der Waals surface area contributed by atoms with Crippen LogP contribution in [0.5, 0.6) is 0 Å². The molecule has 1 aliphatic heterocycles. The van der Waals surface area contributed by atoms with Crippen molar-refractivity contribution in [2.75, 3.05) is 6.61 Å². The van der Waals surface area contributed by atoms with E-state index in [4.69, 9.17) is 23.7 Å². The van der Waals surface area contributed by atoms with Crippen LogP contribution in [-0.4, -0.2) is 36.0 Å². The molecule has 1 fully saturated rings. The largest absolute Gasteiger partial charge is 0.374 e. The monoisotopic (exact) mass is 639 g/mol. The standard InChI is InChI=1S/C42H41NO5/c1-5-15-31(16-6-1)26-44-30-38-40(45-27-32-17-7-2-8-18-32)42(47-29-34-21-11-4-12-22-34)41(46-28-33-19-9-3-10-20-33)39(48-38)37-25-35-23-13-14-24-36(35)43-37/h1-25,38-43H,26-30H2/t38-,39+,40-,41+,42+/m1/s1. The molecule has 48 heavy (non-hydrogen) atoms. The van der Waals surface area contributed by atoms with E-state index in [0.717, 1.165) is 38.9 Å². The Bertz CT molecular complexity index is 1780. The number of aromatic nitrogens is 1. The van der Waals surface area contributed by atoms with Gasteiger partial charge in [-0.2, -0.15) is 0 Å². The van der Waals surface area contributed by atoms with E-state index in [2.05, 4.69) is 71.7 Å². The van der Waals surface area contributed by atoms with Crippen LogP contribution in [0.4, 0.5) is 0 Å². The number of nitrogens with one attached hydrogen (secondary N) is 1. The van der Waals surface area contributed by atoms with E-state index in [-0.39, 0.29) is 0 Å². The average Bonchev–Trinajstić information content (AvgIpc) is 3.59. The fourth-order valence-corrected chi connectivity index (χ4v) is 6.29. The third-order valence-corrected chi connectivity index (χ3v) is 8.74. The number of aromatic amines is 1.